The summed E-state index contributed by atoms with van der Waals surface area (Å²) in [6.07, 6.45) is 7.01. The van der Waals surface area contributed by atoms with Crippen molar-refractivity contribution in [2.24, 2.45) is 4.99 Å². The van der Waals surface area contributed by atoms with E-state index in [4.69, 9.17) is 11.6 Å². The lowest BCUT2D eigenvalue weighted by Crippen LogP contribution is -1.85. The van der Waals surface area contributed by atoms with Crippen LogP contribution in [-0.4, -0.2) is 6.21 Å². The zero-order valence-electron chi connectivity index (χ0n) is 10.9. The molecule has 0 amide bonds. The number of anilines is 1. The Kier molecular flexibility index (Phi) is 5.62. The Morgan fingerprint density at radius 3 is 2.30 bits per heavy atom. The molecule has 0 aliphatic heterocycles. The highest BCUT2D eigenvalue weighted by Crippen LogP contribution is 2.10. The minimum absolute atomic E-state index is 0.605. The summed E-state index contributed by atoms with van der Waals surface area (Å²) in [5, 5.41) is 3.74. The number of hydrogen-bond donors (Lipinski definition) is 1. The van der Waals surface area contributed by atoms with Crippen LogP contribution in [0.1, 0.15) is 0 Å². The van der Waals surface area contributed by atoms with Crippen molar-refractivity contribution in [1.82, 2.24) is 0 Å². The van der Waals surface area contributed by atoms with Crippen LogP contribution in [0.2, 0.25) is 0 Å². The number of hydrogen-bond acceptors (Lipinski definition) is 2. The lowest BCUT2D eigenvalue weighted by molar-refractivity contribution is 1.54. The summed E-state index contributed by atoms with van der Waals surface area (Å²) in [5.41, 5.74) is 1.92. The molecule has 0 aliphatic rings. The van der Waals surface area contributed by atoms with Crippen LogP contribution >= 0.6 is 11.6 Å². The summed E-state index contributed by atoms with van der Waals surface area (Å²) >= 11 is 6.06. The van der Waals surface area contributed by atoms with Gasteiger partial charge in [0, 0.05) is 23.1 Å². The number of rotatable bonds is 5. The summed E-state index contributed by atoms with van der Waals surface area (Å²) < 4.78 is 0. The van der Waals surface area contributed by atoms with Gasteiger partial charge in [0.2, 0.25) is 0 Å². The van der Waals surface area contributed by atoms with Crippen molar-refractivity contribution >= 4 is 29.2 Å². The van der Waals surface area contributed by atoms with Gasteiger partial charge in [0.25, 0.3) is 0 Å². The average molecular weight is 283 g/mol. The molecule has 0 spiro atoms. The van der Waals surface area contributed by atoms with Gasteiger partial charge in [-0.05, 0) is 36.4 Å². The zero-order valence-corrected chi connectivity index (χ0v) is 11.7. The molecule has 0 aliphatic carbocycles. The molecule has 2 aromatic carbocycles. The molecule has 1 N–H and O–H groups in total. The molecule has 3 heteroatoms. The van der Waals surface area contributed by atoms with Crippen LogP contribution in [0.4, 0.5) is 11.4 Å². The molecule has 0 fully saturated rings. The molecule has 0 radical (unpaired) electrons. The first-order valence-corrected chi connectivity index (χ1v) is 6.65. The molecule has 100 valence electrons. The third-order valence-electron chi connectivity index (χ3n) is 2.48. The molecular weight excluding hydrogens is 268 g/mol. The number of benzene rings is 2. The Morgan fingerprint density at radius 2 is 1.60 bits per heavy atom. The van der Waals surface area contributed by atoms with Gasteiger partial charge in [0.1, 0.15) is 0 Å². The molecule has 0 bridgehead atoms. The van der Waals surface area contributed by atoms with Crippen molar-refractivity contribution in [1.29, 1.82) is 0 Å². The molecule has 0 atom stereocenters. The van der Waals surface area contributed by atoms with Gasteiger partial charge in [-0.2, -0.15) is 0 Å². The van der Waals surface area contributed by atoms with E-state index < -0.39 is 0 Å². The zero-order chi connectivity index (χ0) is 14.0. The van der Waals surface area contributed by atoms with E-state index in [0.29, 0.717) is 5.03 Å². The van der Waals surface area contributed by atoms with E-state index in [2.05, 4.69) is 10.3 Å². The van der Waals surface area contributed by atoms with Crippen LogP contribution in [0.5, 0.6) is 0 Å². The second-order valence-electron chi connectivity index (χ2n) is 4.01. The van der Waals surface area contributed by atoms with Gasteiger partial charge in [0.15, 0.2) is 0 Å². The fourth-order valence-corrected chi connectivity index (χ4v) is 1.64. The average Bonchev–Trinajstić information content (AvgIpc) is 2.49. The fraction of sp³-hybridized carbons (Fsp3) is 0. The van der Waals surface area contributed by atoms with Gasteiger partial charge in [0.05, 0.1) is 5.69 Å². The highest BCUT2D eigenvalue weighted by atomic mass is 35.5. The van der Waals surface area contributed by atoms with Gasteiger partial charge in [-0.25, -0.2) is 0 Å². The maximum Gasteiger partial charge on any atom is 0.0629 e. The van der Waals surface area contributed by atoms with Crippen LogP contribution in [0.15, 0.2) is 89.0 Å². The molecule has 2 rings (SSSR count). The predicted molar refractivity (Wildman–Crippen MR) is 87.7 cm³/mol. The second kappa shape index (κ2) is 7.97. The number of allylic oxidation sites excluding steroid dienone is 3. The molecule has 0 aromatic heterocycles. The van der Waals surface area contributed by atoms with Crippen LogP contribution in [0.3, 0.4) is 0 Å². The first-order valence-electron chi connectivity index (χ1n) is 6.27. The first-order chi connectivity index (χ1) is 9.84. The van der Waals surface area contributed by atoms with Gasteiger partial charge in [-0.15, -0.1) is 0 Å². The van der Waals surface area contributed by atoms with E-state index in [0.717, 1.165) is 11.4 Å². The van der Waals surface area contributed by atoms with E-state index in [1.165, 1.54) is 0 Å². The third kappa shape index (κ3) is 5.12. The van der Waals surface area contributed by atoms with Crippen molar-refractivity contribution in [3.05, 3.63) is 84.0 Å². The Hall–Kier alpha value is -2.32. The van der Waals surface area contributed by atoms with E-state index in [1.807, 2.05) is 60.7 Å². The Morgan fingerprint density at radius 1 is 0.950 bits per heavy atom. The minimum Gasteiger partial charge on any atom is -0.362 e. The van der Waals surface area contributed by atoms with Crippen molar-refractivity contribution in [2.45, 2.75) is 0 Å². The summed E-state index contributed by atoms with van der Waals surface area (Å²) in [6.45, 7) is 0. The highest BCUT2D eigenvalue weighted by Gasteiger charge is 1.86. The molecule has 2 nitrogen and oxygen atoms in total. The van der Waals surface area contributed by atoms with Gasteiger partial charge < -0.3 is 5.32 Å². The molecule has 20 heavy (non-hydrogen) atoms. The van der Waals surface area contributed by atoms with E-state index in [9.17, 15) is 0 Å². The van der Waals surface area contributed by atoms with Gasteiger partial charge in [-0.3, -0.25) is 4.99 Å². The van der Waals surface area contributed by atoms with E-state index >= 15 is 0 Å². The van der Waals surface area contributed by atoms with Crippen LogP contribution in [0.25, 0.3) is 0 Å². The van der Waals surface area contributed by atoms with Crippen molar-refractivity contribution in [3.8, 4) is 0 Å². The lowest BCUT2D eigenvalue weighted by atomic mass is 10.3. The standard InChI is InChI=1S/C17H15ClN2/c18-15(11-13-19-16-7-3-1-4-8-16)12-14-20-17-9-5-2-6-10-17/h1-14,19H/b13-11+,15-12-,20-14+. The van der Waals surface area contributed by atoms with Crippen LogP contribution < -0.4 is 5.32 Å². The minimum atomic E-state index is 0.605. The van der Waals surface area contributed by atoms with E-state index in [1.54, 1.807) is 24.6 Å². The normalized spacial score (nSPS) is 12.2. The van der Waals surface area contributed by atoms with Gasteiger partial charge >= 0.3 is 0 Å². The molecule has 0 saturated carbocycles. The summed E-state index contributed by atoms with van der Waals surface area (Å²) in [7, 11) is 0. The Labute approximate surface area is 124 Å². The SMILES string of the molecule is ClC(=C\C=N\c1ccccc1)/C=C/Nc1ccccc1. The number of nitrogens with one attached hydrogen (secondary N) is 1. The largest absolute Gasteiger partial charge is 0.362 e. The van der Waals surface area contributed by atoms with E-state index in [-0.39, 0.29) is 0 Å². The Bertz CT molecular complexity index is 601. The highest BCUT2D eigenvalue weighted by molar-refractivity contribution is 6.32. The van der Waals surface area contributed by atoms with Crippen LogP contribution in [0, 0.1) is 0 Å². The molecule has 2 aromatic rings. The molecule has 0 saturated heterocycles. The lowest BCUT2D eigenvalue weighted by Gasteiger charge is -1.98. The number of para-hydroxylation sites is 2. The van der Waals surface area contributed by atoms with Crippen molar-refractivity contribution < 1.29 is 0 Å². The number of halogens is 1. The molecular formula is C17H15ClN2. The maximum absolute atomic E-state index is 6.06. The number of aliphatic imine (C=N–C) groups is 1. The van der Waals surface area contributed by atoms with Crippen molar-refractivity contribution in [3.63, 3.8) is 0 Å². The van der Waals surface area contributed by atoms with Gasteiger partial charge in [-0.1, -0.05) is 48.0 Å². The quantitative estimate of drug-likeness (QED) is 0.596. The summed E-state index contributed by atoms with van der Waals surface area (Å²) in [4.78, 5) is 4.27. The van der Waals surface area contributed by atoms with Crippen molar-refractivity contribution in [2.75, 3.05) is 5.32 Å². The third-order valence-corrected chi connectivity index (χ3v) is 2.73. The number of nitrogens with zero attached hydrogens (tertiary/aromatic N) is 1. The predicted octanol–water partition coefficient (Wildman–Crippen LogP) is 5.14. The van der Waals surface area contributed by atoms with Crippen LogP contribution in [-0.2, 0) is 0 Å². The topological polar surface area (TPSA) is 24.4 Å². The monoisotopic (exact) mass is 282 g/mol. The Balaban J connectivity index is 1.86. The summed E-state index contributed by atoms with van der Waals surface area (Å²) in [5.74, 6) is 0. The summed E-state index contributed by atoms with van der Waals surface area (Å²) in [6, 6.07) is 19.6. The smallest absolute Gasteiger partial charge is 0.0629 e. The fourth-order valence-electron chi connectivity index (χ4n) is 1.52. The molecule has 0 unspecified atom stereocenters. The first kappa shape index (κ1) is 14.1. The maximum atomic E-state index is 6.06. The molecule has 0 heterocycles. The second-order valence-corrected chi connectivity index (χ2v) is 4.45.